The monoisotopic (exact) mass is 253 g/mol. The SMILES string of the molecule is CCCCN(c1nc(C(C)NC)cs1)C1CC1. The van der Waals surface area contributed by atoms with E-state index in [1.807, 2.05) is 7.05 Å². The van der Waals surface area contributed by atoms with Gasteiger partial charge >= 0.3 is 0 Å². The number of hydrogen-bond acceptors (Lipinski definition) is 4. The molecule has 0 bridgehead atoms. The third-order valence-electron chi connectivity index (χ3n) is 3.37. The van der Waals surface area contributed by atoms with Gasteiger partial charge in [0.1, 0.15) is 0 Å². The molecule has 0 aromatic carbocycles. The van der Waals surface area contributed by atoms with Gasteiger partial charge in [-0.25, -0.2) is 4.98 Å². The molecular formula is C13H23N3S. The molecule has 0 spiro atoms. The van der Waals surface area contributed by atoms with Crippen molar-refractivity contribution in [3.05, 3.63) is 11.1 Å². The summed E-state index contributed by atoms with van der Waals surface area (Å²) in [5.74, 6) is 0. The fourth-order valence-electron chi connectivity index (χ4n) is 1.90. The molecule has 1 fully saturated rings. The Morgan fingerprint density at radius 1 is 1.59 bits per heavy atom. The second-order valence-electron chi connectivity index (χ2n) is 4.84. The average Bonchev–Trinajstić information content (AvgIpc) is 3.06. The molecule has 1 atom stereocenters. The molecule has 1 unspecified atom stereocenters. The van der Waals surface area contributed by atoms with Crippen LogP contribution in [0.1, 0.15) is 51.3 Å². The van der Waals surface area contributed by atoms with Gasteiger partial charge in [0.2, 0.25) is 0 Å². The highest BCUT2D eigenvalue weighted by Gasteiger charge is 2.30. The smallest absolute Gasteiger partial charge is 0.185 e. The van der Waals surface area contributed by atoms with E-state index in [0.717, 1.165) is 6.04 Å². The Morgan fingerprint density at radius 2 is 2.35 bits per heavy atom. The molecule has 1 aromatic rings. The standard InChI is InChI=1S/C13H23N3S/c1-4-5-8-16(11-6-7-11)13-15-12(9-17-13)10(2)14-3/h9-11,14H,4-8H2,1-3H3. The largest absolute Gasteiger partial charge is 0.345 e. The lowest BCUT2D eigenvalue weighted by Gasteiger charge is -2.21. The van der Waals surface area contributed by atoms with E-state index in [1.54, 1.807) is 11.3 Å². The maximum atomic E-state index is 4.78. The number of thiazole rings is 1. The van der Waals surface area contributed by atoms with Gasteiger partial charge < -0.3 is 10.2 Å². The lowest BCUT2D eigenvalue weighted by atomic mass is 10.3. The van der Waals surface area contributed by atoms with Crippen molar-refractivity contribution in [3.8, 4) is 0 Å². The minimum atomic E-state index is 0.354. The Hall–Kier alpha value is -0.610. The Bertz CT molecular complexity index is 346. The minimum Gasteiger partial charge on any atom is -0.345 e. The highest BCUT2D eigenvalue weighted by molar-refractivity contribution is 7.13. The van der Waals surface area contributed by atoms with Gasteiger partial charge in [-0.3, -0.25) is 0 Å². The number of anilines is 1. The summed E-state index contributed by atoms with van der Waals surface area (Å²) in [6, 6.07) is 1.12. The van der Waals surface area contributed by atoms with E-state index >= 15 is 0 Å². The molecule has 1 heterocycles. The molecule has 17 heavy (non-hydrogen) atoms. The Morgan fingerprint density at radius 3 is 2.94 bits per heavy atom. The number of aromatic nitrogens is 1. The lowest BCUT2D eigenvalue weighted by Crippen LogP contribution is -2.26. The highest BCUT2D eigenvalue weighted by Crippen LogP contribution is 2.34. The van der Waals surface area contributed by atoms with Crippen LogP contribution in [-0.2, 0) is 0 Å². The number of nitrogens with zero attached hydrogens (tertiary/aromatic N) is 2. The molecule has 3 nitrogen and oxygen atoms in total. The fraction of sp³-hybridized carbons (Fsp3) is 0.769. The molecule has 4 heteroatoms. The second-order valence-corrected chi connectivity index (χ2v) is 5.68. The van der Waals surface area contributed by atoms with E-state index in [0.29, 0.717) is 6.04 Å². The van der Waals surface area contributed by atoms with Gasteiger partial charge in [-0.15, -0.1) is 11.3 Å². The number of rotatable bonds is 7. The van der Waals surface area contributed by atoms with E-state index in [2.05, 4.69) is 29.4 Å². The normalized spacial score (nSPS) is 17.1. The fourth-order valence-corrected chi connectivity index (χ4v) is 2.92. The molecule has 1 aliphatic carbocycles. The summed E-state index contributed by atoms with van der Waals surface area (Å²) < 4.78 is 0. The lowest BCUT2D eigenvalue weighted by molar-refractivity contribution is 0.633. The Kier molecular flexibility index (Phi) is 4.40. The average molecular weight is 253 g/mol. The minimum absolute atomic E-state index is 0.354. The molecule has 96 valence electrons. The summed E-state index contributed by atoms with van der Waals surface area (Å²) in [4.78, 5) is 7.29. The van der Waals surface area contributed by atoms with Crippen molar-refractivity contribution in [2.75, 3.05) is 18.5 Å². The van der Waals surface area contributed by atoms with Crippen LogP contribution in [0, 0.1) is 0 Å². The van der Waals surface area contributed by atoms with Crippen LogP contribution in [0.3, 0.4) is 0 Å². The van der Waals surface area contributed by atoms with Crippen LogP contribution in [0.2, 0.25) is 0 Å². The van der Waals surface area contributed by atoms with E-state index in [1.165, 1.54) is 43.1 Å². The van der Waals surface area contributed by atoms with Gasteiger partial charge in [0, 0.05) is 24.0 Å². The molecule has 0 saturated heterocycles. The van der Waals surface area contributed by atoms with Crippen molar-refractivity contribution in [2.45, 2.75) is 51.6 Å². The first-order chi connectivity index (χ1) is 8.26. The predicted molar refractivity (Wildman–Crippen MR) is 74.9 cm³/mol. The first kappa shape index (κ1) is 12.8. The van der Waals surface area contributed by atoms with Crippen LogP contribution in [0.15, 0.2) is 5.38 Å². The van der Waals surface area contributed by atoms with E-state index in [9.17, 15) is 0 Å². The maximum absolute atomic E-state index is 4.78. The van der Waals surface area contributed by atoms with Crippen molar-refractivity contribution >= 4 is 16.5 Å². The number of hydrogen-bond donors (Lipinski definition) is 1. The summed E-state index contributed by atoms with van der Waals surface area (Å²) in [6.45, 7) is 5.58. The summed E-state index contributed by atoms with van der Waals surface area (Å²) in [7, 11) is 1.99. The van der Waals surface area contributed by atoms with Gasteiger partial charge in [0.15, 0.2) is 5.13 Å². The molecule has 1 N–H and O–H groups in total. The second kappa shape index (κ2) is 5.83. The quantitative estimate of drug-likeness (QED) is 0.809. The van der Waals surface area contributed by atoms with Crippen LogP contribution >= 0.6 is 11.3 Å². The number of unbranched alkanes of at least 4 members (excludes halogenated alkanes) is 1. The van der Waals surface area contributed by atoms with Crippen molar-refractivity contribution < 1.29 is 0 Å². The molecule has 0 aliphatic heterocycles. The van der Waals surface area contributed by atoms with Crippen LogP contribution in [-0.4, -0.2) is 24.6 Å². The zero-order valence-electron chi connectivity index (χ0n) is 11.1. The first-order valence-electron chi connectivity index (χ1n) is 6.65. The molecule has 2 rings (SSSR count). The summed E-state index contributed by atoms with van der Waals surface area (Å²) in [6.07, 6.45) is 5.22. The van der Waals surface area contributed by atoms with Gasteiger partial charge in [0.05, 0.1) is 5.69 Å². The van der Waals surface area contributed by atoms with E-state index < -0.39 is 0 Å². The van der Waals surface area contributed by atoms with Gasteiger partial charge in [-0.2, -0.15) is 0 Å². The maximum Gasteiger partial charge on any atom is 0.185 e. The third-order valence-corrected chi connectivity index (χ3v) is 4.27. The summed E-state index contributed by atoms with van der Waals surface area (Å²) >= 11 is 1.79. The van der Waals surface area contributed by atoms with Crippen molar-refractivity contribution in [3.63, 3.8) is 0 Å². The van der Waals surface area contributed by atoms with Gasteiger partial charge in [-0.1, -0.05) is 13.3 Å². The van der Waals surface area contributed by atoms with Crippen LogP contribution in [0.4, 0.5) is 5.13 Å². The zero-order valence-corrected chi connectivity index (χ0v) is 11.9. The van der Waals surface area contributed by atoms with E-state index in [-0.39, 0.29) is 0 Å². The predicted octanol–water partition coefficient (Wildman–Crippen LogP) is 3.19. The van der Waals surface area contributed by atoms with E-state index in [4.69, 9.17) is 4.98 Å². The molecule has 0 radical (unpaired) electrons. The van der Waals surface area contributed by atoms with Crippen molar-refractivity contribution in [2.24, 2.45) is 0 Å². The summed E-state index contributed by atoms with van der Waals surface area (Å²) in [5.41, 5.74) is 1.18. The molecular weight excluding hydrogens is 230 g/mol. The van der Waals surface area contributed by atoms with Crippen LogP contribution < -0.4 is 10.2 Å². The molecule has 1 aliphatic rings. The van der Waals surface area contributed by atoms with Gasteiger partial charge in [0.25, 0.3) is 0 Å². The van der Waals surface area contributed by atoms with Crippen molar-refractivity contribution in [1.82, 2.24) is 10.3 Å². The number of nitrogens with one attached hydrogen (secondary N) is 1. The Labute approximate surface area is 108 Å². The molecule has 0 amide bonds. The van der Waals surface area contributed by atoms with Crippen LogP contribution in [0.5, 0.6) is 0 Å². The first-order valence-corrected chi connectivity index (χ1v) is 7.53. The molecule has 1 saturated carbocycles. The molecule has 1 aromatic heterocycles. The third kappa shape index (κ3) is 3.19. The Balaban J connectivity index is 2.04. The van der Waals surface area contributed by atoms with Gasteiger partial charge in [-0.05, 0) is 33.2 Å². The summed E-state index contributed by atoms with van der Waals surface area (Å²) in [5, 5.41) is 6.66. The topological polar surface area (TPSA) is 28.2 Å². The van der Waals surface area contributed by atoms with Crippen molar-refractivity contribution in [1.29, 1.82) is 0 Å². The highest BCUT2D eigenvalue weighted by atomic mass is 32.1. The van der Waals surface area contributed by atoms with Crippen LogP contribution in [0.25, 0.3) is 0 Å². The zero-order chi connectivity index (χ0) is 12.3.